The van der Waals surface area contributed by atoms with Crippen LogP contribution in [0.2, 0.25) is 0 Å². The molecule has 25 heavy (non-hydrogen) atoms. The Morgan fingerprint density at radius 2 is 1.76 bits per heavy atom. The number of esters is 1. The molecule has 4 nitrogen and oxygen atoms in total. The Hall–Kier alpha value is -2.61. The van der Waals surface area contributed by atoms with Crippen molar-refractivity contribution >= 4 is 27.0 Å². The molecule has 0 unspecified atom stereocenters. The lowest BCUT2D eigenvalue weighted by Crippen LogP contribution is -2.04. The van der Waals surface area contributed by atoms with Crippen molar-refractivity contribution in [2.45, 2.75) is 4.90 Å². The number of carbonyl (C=O) groups is 1. The second-order valence-corrected chi connectivity index (χ2v) is 7.46. The fourth-order valence-corrected chi connectivity index (χ4v) is 3.33. The van der Waals surface area contributed by atoms with Gasteiger partial charge < -0.3 is 4.74 Å². The van der Waals surface area contributed by atoms with E-state index >= 15 is 0 Å². The summed E-state index contributed by atoms with van der Waals surface area (Å²) in [6.07, 6.45) is 0.754. The van der Waals surface area contributed by atoms with Crippen LogP contribution in [0.4, 0.5) is 13.2 Å². The second kappa shape index (κ2) is 6.03. The van der Waals surface area contributed by atoms with Crippen molar-refractivity contribution in [1.29, 1.82) is 0 Å². The van der Waals surface area contributed by atoms with Gasteiger partial charge >= 0.3 is 5.97 Å². The zero-order valence-corrected chi connectivity index (χ0v) is 13.7. The molecule has 0 bridgehead atoms. The molecule has 0 N–H and O–H groups in total. The maximum Gasteiger partial charge on any atom is 0.339 e. The van der Waals surface area contributed by atoms with E-state index in [0.29, 0.717) is 12.1 Å². The van der Waals surface area contributed by atoms with Gasteiger partial charge in [0.15, 0.2) is 9.84 Å². The topological polar surface area (TPSA) is 60.4 Å². The normalized spacial score (nSPS) is 14.8. The maximum absolute atomic E-state index is 14.4. The van der Waals surface area contributed by atoms with Gasteiger partial charge in [0, 0.05) is 17.4 Å². The van der Waals surface area contributed by atoms with Gasteiger partial charge in [-0.3, -0.25) is 0 Å². The Morgan fingerprint density at radius 1 is 1.04 bits per heavy atom. The predicted molar refractivity (Wildman–Crippen MR) is 83.6 cm³/mol. The van der Waals surface area contributed by atoms with Gasteiger partial charge in [0.05, 0.1) is 5.57 Å². The highest BCUT2D eigenvalue weighted by molar-refractivity contribution is 7.90. The van der Waals surface area contributed by atoms with Gasteiger partial charge in [-0.2, -0.15) is 0 Å². The average molecular weight is 368 g/mol. The fourth-order valence-electron chi connectivity index (χ4n) is 2.60. The molecule has 0 saturated carbocycles. The van der Waals surface area contributed by atoms with E-state index in [1.54, 1.807) is 0 Å². The number of rotatable bonds is 3. The van der Waals surface area contributed by atoms with Crippen LogP contribution in [0.3, 0.4) is 0 Å². The highest BCUT2D eigenvalue weighted by Crippen LogP contribution is 2.35. The minimum atomic E-state index is -3.96. The maximum atomic E-state index is 14.4. The molecule has 0 spiro atoms. The van der Waals surface area contributed by atoms with Gasteiger partial charge in [0.25, 0.3) is 0 Å². The molecule has 0 atom stereocenters. The Kier molecular flexibility index (Phi) is 4.16. The van der Waals surface area contributed by atoms with Crippen LogP contribution in [0.15, 0.2) is 41.3 Å². The number of benzene rings is 2. The summed E-state index contributed by atoms with van der Waals surface area (Å²) in [5, 5.41) is 0. The van der Waals surface area contributed by atoms with Gasteiger partial charge in [-0.05, 0) is 29.8 Å². The fraction of sp³-hybridized carbons (Fsp3) is 0.118. The third kappa shape index (κ3) is 3.17. The Bertz CT molecular complexity index is 1030. The van der Waals surface area contributed by atoms with Crippen LogP contribution in [0.5, 0.6) is 0 Å². The molecule has 8 heteroatoms. The van der Waals surface area contributed by atoms with Gasteiger partial charge in [-0.25, -0.2) is 26.4 Å². The molecule has 1 aliphatic heterocycles. The predicted octanol–water partition coefficient (Wildman–Crippen LogP) is 2.98. The molecule has 0 saturated heterocycles. The zero-order valence-electron chi connectivity index (χ0n) is 12.8. The standard InChI is InChI=1S/C17H11F3O4S/c1-25(22,23)15-7-13(19)11(6-14(15)20)12-8-24-17(21)16(12)9-3-2-4-10(18)5-9/h2-7H,8H2,1H3. The summed E-state index contributed by atoms with van der Waals surface area (Å²) >= 11 is 0. The first-order valence-corrected chi connectivity index (χ1v) is 8.93. The van der Waals surface area contributed by atoms with Crippen LogP contribution in [-0.2, 0) is 19.4 Å². The van der Waals surface area contributed by atoms with Crippen molar-refractivity contribution in [3.05, 3.63) is 65.0 Å². The van der Waals surface area contributed by atoms with E-state index in [4.69, 9.17) is 4.74 Å². The Morgan fingerprint density at radius 3 is 2.40 bits per heavy atom. The van der Waals surface area contributed by atoms with Gasteiger partial charge in [0.1, 0.15) is 29.0 Å². The summed E-state index contributed by atoms with van der Waals surface area (Å²) in [4.78, 5) is 11.2. The number of ether oxygens (including phenoxy) is 1. The molecule has 3 rings (SSSR count). The van der Waals surface area contributed by atoms with Crippen molar-refractivity contribution in [3.8, 4) is 0 Å². The SMILES string of the molecule is CS(=O)(=O)c1cc(F)c(C2=C(c3cccc(F)c3)C(=O)OC2)cc1F. The molecular formula is C17H11F3O4S. The Labute approximate surface area is 141 Å². The smallest absolute Gasteiger partial charge is 0.339 e. The first kappa shape index (κ1) is 17.2. The summed E-state index contributed by atoms with van der Waals surface area (Å²) in [5.74, 6) is -3.58. The van der Waals surface area contributed by atoms with Crippen molar-refractivity contribution < 1.29 is 31.1 Å². The van der Waals surface area contributed by atoms with Gasteiger partial charge in [-0.1, -0.05) is 12.1 Å². The molecule has 2 aromatic carbocycles. The third-order valence-electron chi connectivity index (χ3n) is 3.71. The van der Waals surface area contributed by atoms with E-state index in [2.05, 4.69) is 0 Å². The van der Waals surface area contributed by atoms with Crippen LogP contribution in [0.1, 0.15) is 11.1 Å². The molecule has 0 radical (unpaired) electrons. The van der Waals surface area contributed by atoms with Crippen molar-refractivity contribution in [2.75, 3.05) is 12.9 Å². The lowest BCUT2D eigenvalue weighted by molar-refractivity contribution is -0.133. The number of carbonyl (C=O) groups excluding carboxylic acids is 1. The molecule has 0 fully saturated rings. The number of cyclic esters (lactones) is 1. The molecule has 1 heterocycles. The van der Waals surface area contributed by atoms with Crippen LogP contribution in [0.25, 0.3) is 11.1 Å². The summed E-state index contributed by atoms with van der Waals surface area (Å²) in [7, 11) is -3.96. The van der Waals surface area contributed by atoms with Crippen LogP contribution in [0, 0.1) is 17.5 Å². The first-order valence-electron chi connectivity index (χ1n) is 7.04. The molecule has 0 aromatic heterocycles. The van der Waals surface area contributed by atoms with Crippen molar-refractivity contribution in [3.63, 3.8) is 0 Å². The largest absolute Gasteiger partial charge is 0.457 e. The van der Waals surface area contributed by atoms with E-state index in [9.17, 15) is 26.4 Å². The molecular weight excluding hydrogens is 357 g/mol. The number of hydrogen-bond acceptors (Lipinski definition) is 4. The lowest BCUT2D eigenvalue weighted by atomic mass is 9.96. The van der Waals surface area contributed by atoms with Crippen molar-refractivity contribution in [2.24, 2.45) is 0 Å². The van der Waals surface area contributed by atoms with Crippen LogP contribution in [-0.4, -0.2) is 27.2 Å². The summed E-state index contributed by atoms with van der Waals surface area (Å²) in [5.41, 5.74) is -0.225. The minimum Gasteiger partial charge on any atom is -0.457 e. The zero-order chi connectivity index (χ0) is 18.4. The third-order valence-corrected chi connectivity index (χ3v) is 4.82. The van der Waals surface area contributed by atoms with E-state index in [-0.39, 0.29) is 28.9 Å². The Balaban J connectivity index is 2.23. The molecule has 0 aliphatic carbocycles. The lowest BCUT2D eigenvalue weighted by Gasteiger charge is -2.09. The van der Waals surface area contributed by atoms with Crippen LogP contribution < -0.4 is 0 Å². The summed E-state index contributed by atoms with van der Waals surface area (Å²) in [6, 6.07) is 6.29. The van der Waals surface area contributed by atoms with E-state index in [0.717, 1.165) is 12.3 Å². The number of hydrogen-bond donors (Lipinski definition) is 0. The van der Waals surface area contributed by atoms with Crippen molar-refractivity contribution in [1.82, 2.24) is 0 Å². The second-order valence-electron chi connectivity index (χ2n) is 5.47. The monoisotopic (exact) mass is 368 g/mol. The van der Waals surface area contributed by atoms with E-state index in [1.165, 1.54) is 18.2 Å². The van der Waals surface area contributed by atoms with Gasteiger partial charge in [0.2, 0.25) is 0 Å². The van der Waals surface area contributed by atoms with Crippen LogP contribution >= 0.6 is 0 Å². The van der Waals surface area contributed by atoms with E-state index in [1.807, 2.05) is 0 Å². The molecule has 1 aliphatic rings. The first-order chi connectivity index (χ1) is 11.7. The number of halogens is 3. The molecule has 0 amide bonds. The van der Waals surface area contributed by atoms with E-state index < -0.39 is 38.2 Å². The molecule has 2 aromatic rings. The van der Waals surface area contributed by atoms with Gasteiger partial charge in [-0.15, -0.1) is 0 Å². The summed E-state index contributed by atoms with van der Waals surface area (Å²) < 4.78 is 69.8. The highest BCUT2D eigenvalue weighted by atomic mass is 32.2. The summed E-state index contributed by atoms with van der Waals surface area (Å²) in [6.45, 7) is -0.334. The number of sulfone groups is 1. The minimum absolute atomic E-state index is 0.0204. The average Bonchev–Trinajstić information content (AvgIpc) is 2.89. The highest BCUT2D eigenvalue weighted by Gasteiger charge is 2.30. The molecule has 130 valence electrons. The quantitative estimate of drug-likeness (QED) is 0.782.